The number of carbonyl (C=O) groups excluding carboxylic acids is 1. The van der Waals surface area contributed by atoms with Gasteiger partial charge in [0.25, 0.3) is 0 Å². The van der Waals surface area contributed by atoms with Crippen LogP contribution in [-0.2, 0) is 17.9 Å². The van der Waals surface area contributed by atoms with Crippen LogP contribution in [0.4, 0.5) is 0 Å². The summed E-state index contributed by atoms with van der Waals surface area (Å²) in [7, 11) is 0. The first-order chi connectivity index (χ1) is 14.5. The van der Waals surface area contributed by atoms with Gasteiger partial charge in [-0.25, -0.2) is 0 Å². The van der Waals surface area contributed by atoms with E-state index in [0.29, 0.717) is 29.8 Å². The van der Waals surface area contributed by atoms with E-state index < -0.39 is 0 Å². The number of rotatable bonds is 10. The summed E-state index contributed by atoms with van der Waals surface area (Å²) >= 11 is 1.33. The highest BCUT2D eigenvalue weighted by Gasteiger charge is 2.20. The molecule has 0 saturated heterocycles. The molecule has 2 heterocycles. The molecule has 0 bridgehead atoms. The summed E-state index contributed by atoms with van der Waals surface area (Å²) in [5.41, 5.74) is 2.28. The van der Waals surface area contributed by atoms with Gasteiger partial charge in [0.1, 0.15) is 11.5 Å². The van der Waals surface area contributed by atoms with E-state index in [1.807, 2.05) is 43.5 Å². The number of thioether (sulfide) groups is 1. The lowest BCUT2D eigenvalue weighted by Gasteiger charge is -2.16. The monoisotopic (exact) mass is 426 g/mol. The second kappa shape index (κ2) is 10.2. The van der Waals surface area contributed by atoms with Crippen LogP contribution in [0.15, 0.2) is 58.8 Å². The zero-order chi connectivity index (χ0) is 21.5. The fraction of sp³-hybridized carbons (Fsp3) is 0.318. The molecule has 158 valence electrons. The molecule has 3 rings (SSSR count). The Labute approximate surface area is 180 Å². The van der Waals surface area contributed by atoms with Crippen molar-refractivity contribution in [3.63, 3.8) is 0 Å². The number of aromatic nitrogens is 3. The Kier molecular flexibility index (Phi) is 7.35. The zero-order valence-corrected chi connectivity index (χ0v) is 18.2. The quantitative estimate of drug-likeness (QED) is 0.386. The number of hydrogen-bond donors (Lipinski definition) is 1. The Morgan fingerprint density at radius 2 is 2.10 bits per heavy atom. The molecule has 1 unspecified atom stereocenters. The number of nitrogens with one attached hydrogen (secondary N) is 1. The third-order valence-corrected chi connectivity index (χ3v) is 5.27. The van der Waals surface area contributed by atoms with Gasteiger partial charge in [-0.05, 0) is 56.2 Å². The van der Waals surface area contributed by atoms with E-state index in [-0.39, 0.29) is 17.8 Å². The highest BCUT2D eigenvalue weighted by atomic mass is 32.2. The van der Waals surface area contributed by atoms with E-state index in [0.717, 1.165) is 16.9 Å². The van der Waals surface area contributed by atoms with Crippen LogP contribution in [0.25, 0.3) is 0 Å². The van der Waals surface area contributed by atoms with Crippen molar-refractivity contribution in [1.29, 1.82) is 0 Å². The molecule has 7 nitrogen and oxygen atoms in total. The molecule has 30 heavy (non-hydrogen) atoms. The SMILES string of the molecule is C=CCn1c(SCC(=O)NCc2ccco2)nnc1C(C)Oc1cc(C)cc(C)c1. The fourth-order valence-electron chi connectivity index (χ4n) is 3.05. The molecule has 1 atom stereocenters. The maximum atomic E-state index is 12.2. The number of amides is 1. The second-order valence-corrected chi connectivity index (χ2v) is 7.91. The van der Waals surface area contributed by atoms with E-state index in [4.69, 9.17) is 9.15 Å². The zero-order valence-electron chi connectivity index (χ0n) is 17.4. The van der Waals surface area contributed by atoms with Crippen molar-refractivity contribution >= 4 is 17.7 Å². The van der Waals surface area contributed by atoms with Gasteiger partial charge in [-0.15, -0.1) is 16.8 Å². The van der Waals surface area contributed by atoms with Crippen LogP contribution < -0.4 is 10.1 Å². The standard InChI is InChI=1S/C22H26N4O3S/c1-5-8-26-21(17(4)29-19-11-15(2)10-16(3)12-19)24-25-22(26)30-14-20(27)23-13-18-7-6-9-28-18/h5-7,9-12,17H,1,8,13-14H2,2-4H3,(H,23,27). The van der Waals surface area contributed by atoms with Gasteiger partial charge in [-0.2, -0.15) is 0 Å². The number of nitrogens with zero attached hydrogens (tertiary/aromatic N) is 3. The van der Waals surface area contributed by atoms with Gasteiger partial charge < -0.3 is 14.5 Å². The lowest BCUT2D eigenvalue weighted by atomic mass is 10.1. The molecule has 0 aliphatic carbocycles. The van der Waals surface area contributed by atoms with Crippen LogP contribution >= 0.6 is 11.8 Å². The average molecular weight is 427 g/mol. The number of aryl methyl sites for hydroxylation is 2. The molecule has 3 aromatic rings. The van der Waals surface area contributed by atoms with E-state index in [1.54, 1.807) is 18.4 Å². The summed E-state index contributed by atoms with van der Waals surface area (Å²) in [5.74, 6) is 2.31. The summed E-state index contributed by atoms with van der Waals surface area (Å²) < 4.78 is 13.3. The molecule has 0 spiro atoms. The van der Waals surface area contributed by atoms with Crippen LogP contribution in [-0.4, -0.2) is 26.4 Å². The molecule has 1 N–H and O–H groups in total. The Balaban J connectivity index is 1.64. The van der Waals surface area contributed by atoms with Crippen LogP contribution in [0.3, 0.4) is 0 Å². The van der Waals surface area contributed by atoms with Crippen molar-refractivity contribution in [2.75, 3.05) is 5.75 Å². The van der Waals surface area contributed by atoms with Gasteiger partial charge in [0, 0.05) is 6.54 Å². The van der Waals surface area contributed by atoms with Crippen molar-refractivity contribution in [3.05, 3.63) is 72.0 Å². The van der Waals surface area contributed by atoms with Crippen LogP contribution in [0.2, 0.25) is 0 Å². The molecular weight excluding hydrogens is 400 g/mol. The van der Waals surface area contributed by atoms with E-state index >= 15 is 0 Å². The first kappa shape index (κ1) is 21.7. The molecule has 1 amide bonds. The van der Waals surface area contributed by atoms with Crippen molar-refractivity contribution < 1.29 is 13.9 Å². The van der Waals surface area contributed by atoms with Crippen molar-refractivity contribution in [3.8, 4) is 5.75 Å². The minimum absolute atomic E-state index is 0.106. The first-order valence-electron chi connectivity index (χ1n) is 9.67. The number of furan rings is 1. The van der Waals surface area contributed by atoms with Crippen molar-refractivity contribution in [2.24, 2.45) is 0 Å². The molecule has 0 saturated carbocycles. The van der Waals surface area contributed by atoms with E-state index in [1.165, 1.54) is 11.8 Å². The minimum atomic E-state index is -0.305. The topological polar surface area (TPSA) is 82.2 Å². The summed E-state index contributed by atoms with van der Waals surface area (Å²) in [6, 6.07) is 9.70. The Bertz CT molecular complexity index is 978. The molecule has 1 aromatic carbocycles. The lowest BCUT2D eigenvalue weighted by Crippen LogP contribution is -2.24. The average Bonchev–Trinajstić information content (AvgIpc) is 3.34. The number of ether oxygens (including phenoxy) is 1. The highest BCUT2D eigenvalue weighted by molar-refractivity contribution is 7.99. The molecule has 2 aromatic heterocycles. The summed E-state index contributed by atoms with van der Waals surface area (Å²) in [6.45, 7) is 10.7. The minimum Gasteiger partial charge on any atom is -0.483 e. The highest BCUT2D eigenvalue weighted by Crippen LogP contribution is 2.26. The maximum absolute atomic E-state index is 12.2. The van der Waals surface area contributed by atoms with Gasteiger partial charge >= 0.3 is 0 Å². The number of benzene rings is 1. The first-order valence-corrected chi connectivity index (χ1v) is 10.7. The Morgan fingerprint density at radius 3 is 2.77 bits per heavy atom. The third-order valence-electron chi connectivity index (χ3n) is 4.30. The summed E-state index contributed by atoms with van der Waals surface area (Å²) in [4.78, 5) is 12.2. The second-order valence-electron chi connectivity index (χ2n) is 6.97. The lowest BCUT2D eigenvalue weighted by molar-refractivity contribution is -0.118. The van der Waals surface area contributed by atoms with Gasteiger partial charge in [-0.3, -0.25) is 9.36 Å². The predicted octanol–water partition coefficient (Wildman–Crippen LogP) is 4.22. The maximum Gasteiger partial charge on any atom is 0.230 e. The molecule has 0 aliphatic heterocycles. The van der Waals surface area contributed by atoms with E-state index in [9.17, 15) is 4.79 Å². The Morgan fingerprint density at radius 1 is 1.33 bits per heavy atom. The van der Waals surface area contributed by atoms with Crippen LogP contribution in [0, 0.1) is 13.8 Å². The van der Waals surface area contributed by atoms with Gasteiger partial charge in [-0.1, -0.05) is 23.9 Å². The fourth-order valence-corrected chi connectivity index (χ4v) is 3.83. The number of carbonyl (C=O) groups is 1. The van der Waals surface area contributed by atoms with Gasteiger partial charge in [0.05, 0.1) is 18.6 Å². The molecule has 0 aliphatic rings. The van der Waals surface area contributed by atoms with Gasteiger partial charge in [0.2, 0.25) is 5.91 Å². The molecule has 0 fully saturated rings. The van der Waals surface area contributed by atoms with Crippen molar-refractivity contribution in [2.45, 2.75) is 45.1 Å². The van der Waals surface area contributed by atoms with Crippen molar-refractivity contribution in [1.82, 2.24) is 20.1 Å². The van der Waals surface area contributed by atoms with Gasteiger partial charge in [0.15, 0.2) is 17.1 Å². The molecule has 8 heteroatoms. The number of hydrogen-bond acceptors (Lipinski definition) is 6. The molecule has 0 radical (unpaired) electrons. The van der Waals surface area contributed by atoms with E-state index in [2.05, 4.69) is 28.2 Å². The third kappa shape index (κ3) is 5.76. The normalized spacial score (nSPS) is 11.8. The van der Waals surface area contributed by atoms with Crippen LogP contribution in [0.1, 0.15) is 35.7 Å². The van der Waals surface area contributed by atoms with Crippen LogP contribution in [0.5, 0.6) is 5.75 Å². The molecular formula is C22H26N4O3S. The largest absolute Gasteiger partial charge is 0.483 e. The summed E-state index contributed by atoms with van der Waals surface area (Å²) in [5, 5.41) is 12.0. The smallest absolute Gasteiger partial charge is 0.230 e. The predicted molar refractivity (Wildman–Crippen MR) is 116 cm³/mol. The summed E-state index contributed by atoms with van der Waals surface area (Å²) in [6.07, 6.45) is 3.05. The Hall–Kier alpha value is -3.00. The number of allylic oxidation sites excluding steroid dienone is 1.